The summed E-state index contributed by atoms with van der Waals surface area (Å²) in [5, 5.41) is 33.3. The average molecular weight is 993 g/mol. The Labute approximate surface area is 414 Å². The predicted molar refractivity (Wildman–Crippen MR) is 252 cm³/mol. The van der Waals surface area contributed by atoms with E-state index in [1.165, 1.54) is 5.57 Å². The molecule has 24 atom stereocenters. The molecule has 7 fully saturated rings. The molecule has 4 aliphatic carbocycles. The molecule has 0 radical (unpaired) electrons. The highest BCUT2D eigenvalue weighted by atomic mass is 16.8. The van der Waals surface area contributed by atoms with Gasteiger partial charge in [0.15, 0.2) is 25.2 Å². The van der Waals surface area contributed by atoms with E-state index in [0.29, 0.717) is 50.5 Å². The lowest BCUT2D eigenvalue weighted by atomic mass is 9.45. The smallest absolute Gasteiger partial charge is 0.333 e. The highest BCUT2D eigenvalue weighted by molar-refractivity contribution is 5.88. The van der Waals surface area contributed by atoms with Gasteiger partial charge in [0.25, 0.3) is 0 Å². The fraction of sp³-hybridized carbons (Fsp3) is 0.887. The number of hydrogen-bond donors (Lipinski definition) is 3. The number of ketones is 1. The third-order valence-electron chi connectivity index (χ3n) is 18.5. The molecule has 0 spiro atoms. The summed E-state index contributed by atoms with van der Waals surface area (Å²) < 4.78 is 75.8. The molecule has 4 saturated heterocycles. The van der Waals surface area contributed by atoms with Crippen LogP contribution in [0, 0.1) is 28.6 Å². The van der Waals surface area contributed by atoms with E-state index in [1.807, 2.05) is 34.6 Å². The van der Waals surface area contributed by atoms with Gasteiger partial charge >= 0.3 is 5.97 Å². The standard InChI is InChI=1S/C53H84O17/c1-13-26(2)50(57)67-41-21-36-35(53(58)19-17-34(27(3)54)52(41,53)9)15-14-32-20-33(16-18-51(32,36)8)66-43-23-38(59-10)48(29(5)63-43)69-45-25-40(61-12)49(31(7)65-45)70-44-24-39(60-11)47(30(6)64-44)68-42-22-37(55)46(56)28(4)62-42/h13-14,28-31,33-49,55-56,58H,15-25H2,1-12H3/b26-13+/t28-,29-,30-,31-,33+,34-,35-,36+,37+,38+,39-,40+,41-,42+,43+,44+,45+,46-,47-,48-,49-,51+,52+,53+/m1/s1. The minimum absolute atomic E-state index is 0.0398. The highest BCUT2D eigenvalue weighted by Crippen LogP contribution is 2.68. The van der Waals surface area contributed by atoms with Crippen LogP contribution >= 0.6 is 0 Å². The van der Waals surface area contributed by atoms with Gasteiger partial charge in [0.05, 0.1) is 60.5 Å². The van der Waals surface area contributed by atoms with Gasteiger partial charge in [0, 0.05) is 63.9 Å². The lowest BCUT2D eigenvalue weighted by Crippen LogP contribution is -2.66. The summed E-state index contributed by atoms with van der Waals surface area (Å²) in [5.41, 5.74) is -0.443. The lowest BCUT2D eigenvalue weighted by molar-refractivity contribution is -0.347. The van der Waals surface area contributed by atoms with Crippen molar-refractivity contribution in [3.05, 3.63) is 23.3 Å². The van der Waals surface area contributed by atoms with E-state index < -0.39 is 103 Å². The number of esters is 1. The molecule has 3 saturated carbocycles. The third-order valence-corrected chi connectivity index (χ3v) is 18.5. The van der Waals surface area contributed by atoms with Crippen LogP contribution < -0.4 is 0 Å². The second-order valence-corrected chi connectivity index (χ2v) is 22.3. The summed E-state index contributed by atoms with van der Waals surface area (Å²) in [6.07, 6.45) is 0.648. The number of allylic oxidation sites excluding steroid dienone is 2. The monoisotopic (exact) mass is 993 g/mol. The maximum atomic E-state index is 13.3. The zero-order valence-electron chi connectivity index (χ0n) is 43.6. The first-order chi connectivity index (χ1) is 33.2. The van der Waals surface area contributed by atoms with Crippen LogP contribution in [0.2, 0.25) is 0 Å². The summed E-state index contributed by atoms with van der Waals surface area (Å²) >= 11 is 0. The Morgan fingerprint density at radius 1 is 0.686 bits per heavy atom. The van der Waals surface area contributed by atoms with Crippen molar-refractivity contribution in [2.45, 2.75) is 249 Å². The number of ether oxygens (including phenoxy) is 12. The maximum absolute atomic E-state index is 13.3. The van der Waals surface area contributed by atoms with E-state index in [1.54, 1.807) is 48.2 Å². The van der Waals surface area contributed by atoms with Gasteiger partial charge in [0.2, 0.25) is 0 Å². The Balaban J connectivity index is 0.857. The molecule has 398 valence electrons. The SMILES string of the molecule is C/C=C(\C)C(=O)O[C@@H]1C[C@H]2[C@@H](CC=C3C[C@@H](O[C@H]4C[C@H](OC)[C@H](O[C@H]5C[C@H](OC)[C@H](O[C@H]6C[C@@H](OC)[C@H](O[C@H]7C[C@H](O)[C@H](O)[C@@H](C)O7)[C@@H](C)O6)[C@@H](C)O5)[C@@H](C)O4)CC[C@@]32C)[C@@]2(O)CC[C@H](C(C)=O)[C@@]12C. The van der Waals surface area contributed by atoms with Crippen LogP contribution in [0.1, 0.15) is 133 Å². The fourth-order valence-electron chi connectivity index (χ4n) is 14.2. The van der Waals surface area contributed by atoms with Gasteiger partial charge in [0.1, 0.15) is 36.3 Å². The van der Waals surface area contributed by atoms with E-state index in [2.05, 4.69) is 13.0 Å². The highest BCUT2D eigenvalue weighted by Gasteiger charge is 2.71. The fourth-order valence-corrected chi connectivity index (χ4v) is 14.2. The van der Waals surface area contributed by atoms with Gasteiger partial charge < -0.3 is 72.2 Å². The average Bonchev–Trinajstić information content (AvgIpc) is 3.61. The predicted octanol–water partition coefficient (Wildman–Crippen LogP) is 5.60. The Morgan fingerprint density at radius 3 is 1.67 bits per heavy atom. The summed E-state index contributed by atoms with van der Waals surface area (Å²) in [6.45, 7) is 17.0. The van der Waals surface area contributed by atoms with Gasteiger partial charge in [-0.2, -0.15) is 0 Å². The molecule has 0 aromatic carbocycles. The maximum Gasteiger partial charge on any atom is 0.333 e. The lowest BCUT2D eigenvalue weighted by Gasteiger charge is -2.63. The Hall–Kier alpha value is -1.94. The van der Waals surface area contributed by atoms with Crippen molar-refractivity contribution in [2.75, 3.05) is 21.3 Å². The van der Waals surface area contributed by atoms with Crippen LogP contribution in [0.5, 0.6) is 0 Å². The first-order valence-corrected chi connectivity index (χ1v) is 26.1. The largest absolute Gasteiger partial charge is 0.458 e. The van der Waals surface area contributed by atoms with Gasteiger partial charge in [-0.15, -0.1) is 0 Å². The number of methoxy groups -OCH3 is 3. The van der Waals surface area contributed by atoms with E-state index in [4.69, 9.17) is 56.8 Å². The van der Waals surface area contributed by atoms with Crippen LogP contribution in [-0.4, -0.2) is 165 Å². The van der Waals surface area contributed by atoms with E-state index in [9.17, 15) is 24.9 Å². The summed E-state index contributed by atoms with van der Waals surface area (Å²) in [5.74, 6) is -0.731. The van der Waals surface area contributed by atoms with Crippen molar-refractivity contribution in [1.82, 2.24) is 0 Å². The minimum atomic E-state index is -1.15. The molecule has 8 rings (SSSR count). The zero-order chi connectivity index (χ0) is 50.6. The number of Topliss-reactive ketones (excluding diaryl/α,β-unsaturated/α-hetero) is 1. The molecule has 0 unspecified atom stereocenters. The van der Waals surface area contributed by atoms with Crippen molar-refractivity contribution in [3.8, 4) is 0 Å². The van der Waals surface area contributed by atoms with Crippen LogP contribution in [0.15, 0.2) is 23.3 Å². The van der Waals surface area contributed by atoms with E-state index in [-0.39, 0.29) is 59.8 Å². The number of aliphatic hydroxyl groups is 3. The minimum Gasteiger partial charge on any atom is -0.458 e. The number of hydrogen-bond acceptors (Lipinski definition) is 17. The van der Waals surface area contributed by atoms with Gasteiger partial charge in [-0.05, 0) is 111 Å². The van der Waals surface area contributed by atoms with Crippen LogP contribution in [-0.2, 0) is 66.4 Å². The van der Waals surface area contributed by atoms with E-state index >= 15 is 0 Å². The second-order valence-electron chi connectivity index (χ2n) is 22.3. The number of carbonyl (C=O) groups excluding carboxylic acids is 2. The Bertz CT molecular complexity index is 1880. The molecule has 8 aliphatic rings. The number of rotatable bonds is 14. The molecule has 70 heavy (non-hydrogen) atoms. The molecule has 4 heterocycles. The summed E-state index contributed by atoms with van der Waals surface area (Å²) in [4.78, 5) is 26.5. The second kappa shape index (κ2) is 21.7. The van der Waals surface area contributed by atoms with Crippen LogP contribution in [0.4, 0.5) is 0 Å². The molecule has 17 nitrogen and oxygen atoms in total. The summed E-state index contributed by atoms with van der Waals surface area (Å²) in [6, 6.07) is 0. The van der Waals surface area contributed by atoms with Crippen molar-refractivity contribution >= 4 is 11.8 Å². The molecule has 17 heteroatoms. The molecule has 4 aliphatic heterocycles. The quantitative estimate of drug-likeness (QED) is 0.110. The molecule has 0 amide bonds. The Morgan fingerprint density at radius 2 is 1.19 bits per heavy atom. The van der Waals surface area contributed by atoms with Gasteiger partial charge in [-0.3, -0.25) is 4.79 Å². The van der Waals surface area contributed by atoms with Crippen molar-refractivity contribution in [2.24, 2.45) is 28.6 Å². The van der Waals surface area contributed by atoms with E-state index in [0.717, 1.165) is 19.3 Å². The number of fused-ring (bicyclic) bond motifs is 5. The molecule has 0 bridgehead atoms. The van der Waals surface area contributed by atoms with Gasteiger partial charge in [-0.25, -0.2) is 4.79 Å². The molecular weight excluding hydrogens is 909 g/mol. The Kier molecular flexibility index (Phi) is 16.9. The number of carbonyl (C=O) groups is 2. The zero-order valence-corrected chi connectivity index (χ0v) is 43.6. The normalized spacial score (nSPS) is 49.8. The first kappa shape index (κ1) is 54.3. The molecule has 0 aromatic heterocycles. The topological polar surface area (TPSA) is 206 Å². The van der Waals surface area contributed by atoms with Crippen molar-refractivity contribution in [1.29, 1.82) is 0 Å². The number of aliphatic hydroxyl groups excluding tert-OH is 2. The van der Waals surface area contributed by atoms with Crippen molar-refractivity contribution in [3.63, 3.8) is 0 Å². The van der Waals surface area contributed by atoms with Crippen molar-refractivity contribution < 1.29 is 81.8 Å². The third kappa shape index (κ3) is 10.1. The first-order valence-electron chi connectivity index (χ1n) is 26.1. The summed E-state index contributed by atoms with van der Waals surface area (Å²) in [7, 11) is 4.94. The molecule has 0 aromatic rings. The van der Waals surface area contributed by atoms with Crippen LogP contribution in [0.25, 0.3) is 0 Å². The molecular formula is C53H84O17. The molecule has 3 N–H and O–H groups in total. The van der Waals surface area contributed by atoms with Gasteiger partial charge in [-0.1, -0.05) is 31.6 Å². The van der Waals surface area contributed by atoms with Crippen LogP contribution in [0.3, 0.4) is 0 Å².